The number of nitrogens with zero attached hydrogens (tertiary/aromatic N) is 1. The zero-order chi connectivity index (χ0) is 20.8. The van der Waals surface area contributed by atoms with Crippen LogP contribution in [0.15, 0.2) is 72.3 Å². The molecule has 3 rings (SSSR count). The second-order valence-corrected chi connectivity index (χ2v) is 6.48. The lowest BCUT2D eigenvalue weighted by Gasteiger charge is -2.11. The van der Waals surface area contributed by atoms with Crippen LogP contribution >= 0.6 is 0 Å². The van der Waals surface area contributed by atoms with Crippen LogP contribution in [-0.2, 0) is 4.79 Å². The first-order chi connectivity index (χ1) is 14.0. The van der Waals surface area contributed by atoms with Crippen molar-refractivity contribution >= 4 is 11.6 Å². The van der Waals surface area contributed by atoms with Crippen molar-refractivity contribution in [1.29, 1.82) is 0 Å². The van der Waals surface area contributed by atoms with Crippen LogP contribution in [0.25, 0.3) is 22.5 Å². The fraction of sp³-hybridized carbons (Fsp3) is 0.167. The molecule has 0 spiro atoms. The SMILES string of the molecule is C/C=C(\C)C(=O)Nc1ccc(-c2cccc(-c3cc(OC)ccc3OC)n2)cc1. The molecule has 148 valence electrons. The molecule has 0 saturated heterocycles. The average molecular weight is 388 g/mol. The quantitative estimate of drug-likeness (QED) is 0.579. The average Bonchev–Trinajstić information content (AvgIpc) is 2.78. The number of allylic oxidation sites excluding steroid dienone is 1. The van der Waals surface area contributed by atoms with Gasteiger partial charge in [-0.05, 0) is 56.3 Å². The predicted molar refractivity (Wildman–Crippen MR) is 116 cm³/mol. The van der Waals surface area contributed by atoms with Gasteiger partial charge >= 0.3 is 0 Å². The van der Waals surface area contributed by atoms with Gasteiger partial charge in [-0.1, -0.05) is 24.3 Å². The van der Waals surface area contributed by atoms with E-state index in [1.165, 1.54) is 0 Å². The van der Waals surface area contributed by atoms with E-state index in [0.717, 1.165) is 39.7 Å². The molecule has 0 saturated carbocycles. The number of carbonyl (C=O) groups is 1. The van der Waals surface area contributed by atoms with Crippen LogP contribution in [0.2, 0.25) is 0 Å². The Kier molecular flexibility index (Phi) is 6.29. The summed E-state index contributed by atoms with van der Waals surface area (Å²) in [4.78, 5) is 16.8. The third-order valence-corrected chi connectivity index (χ3v) is 4.66. The van der Waals surface area contributed by atoms with Gasteiger partial charge in [0.1, 0.15) is 11.5 Å². The Hall–Kier alpha value is -3.60. The number of benzene rings is 2. The zero-order valence-corrected chi connectivity index (χ0v) is 17.0. The lowest BCUT2D eigenvalue weighted by molar-refractivity contribution is -0.112. The van der Waals surface area contributed by atoms with Crippen molar-refractivity contribution in [3.05, 3.63) is 72.3 Å². The zero-order valence-electron chi connectivity index (χ0n) is 17.0. The molecule has 0 aliphatic rings. The second-order valence-electron chi connectivity index (χ2n) is 6.48. The van der Waals surface area contributed by atoms with Crippen LogP contribution in [0.5, 0.6) is 11.5 Å². The largest absolute Gasteiger partial charge is 0.497 e. The molecule has 0 unspecified atom stereocenters. The molecule has 0 aliphatic carbocycles. The Bertz CT molecular complexity index is 1040. The summed E-state index contributed by atoms with van der Waals surface area (Å²) in [7, 11) is 3.27. The minimum absolute atomic E-state index is 0.106. The first kappa shape index (κ1) is 20.1. The maximum absolute atomic E-state index is 12.0. The molecule has 1 heterocycles. The van der Waals surface area contributed by atoms with Gasteiger partial charge in [0.05, 0.1) is 25.6 Å². The fourth-order valence-corrected chi connectivity index (χ4v) is 2.84. The Morgan fingerprint density at radius 3 is 2.34 bits per heavy atom. The van der Waals surface area contributed by atoms with Crippen LogP contribution in [0.4, 0.5) is 5.69 Å². The minimum atomic E-state index is -0.106. The molecular weight excluding hydrogens is 364 g/mol. The number of pyridine rings is 1. The summed E-state index contributed by atoms with van der Waals surface area (Å²) in [5.41, 5.74) is 4.85. The van der Waals surface area contributed by atoms with Crippen LogP contribution in [0, 0.1) is 0 Å². The molecule has 1 aromatic heterocycles. The van der Waals surface area contributed by atoms with Gasteiger partial charge in [0.2, 0.25) is 0 Å². The van der Waals surface area contributed by atoms with Crippen molar-refractivity contribution in [2.75, 3.05) is 19.5 Å². The highest BCUT2D eigenvalue weighted by Crippen LogP contribution is 2.33. The monoisotopic (exact) mass is 388 g/mol. The normalized spacial score (nSPS) is 11.1. The molecule has 0 bridgehead atoms. The summed E-state index contributed by atoms with van der Waals surface area (Å²) in [5, 5.41) is 2.88. The molecule has 2 aromatic carbocycles. The lowest BCUT2D eigenvalue weighted by Crippen LogP contribution is -2.12. The molecule has 0 radical (unpaired) electrons. The Morgan fingerprint density at radius 2 is 1.69 bits per heavy atom. The molecule has 0 fully saturated rings. The van der Waals surface area contributed by atoms with Crippen molar-refractivity contribution < 1.29 is 14.3 Å². The van der Waals surface area contributed by atoms with E-state index in [-0.39, 0.29) is 5.91 Å². The van der Waals surface area contributed by atoms with Crippen LogP contribution in [-0.4, -0.2) is 25.1 Å². The Morgan fingerprint density at radius 1 is 0.966 bits per heavy atom. The van der Waals surface area contributed by atoms with Gasteiger partial charge in [-0.25, -0.2) is 4.98 Å². The van der Waals surface area contributed by atoms with E-state index >= 15 is 0 Å². The minimum Gasteiger partial charge on any atom is -0.497 e. The molecule has 0 aliphatic heterocycles. The topological polar surface area (TPSA) is 60.5 Å². The van der Waals surface area contributed by atoms with Crippen LogP contribution in [0.1, 0.15) is 13.8 Å². The number of hydrogen-bond acceptors (Lipinski definition) is 4. The van der Waals surface area contributed by atoms with E-state index < -0.39 is 0 Å². The number of amides is 1. The highest BCUT2D eigenvalue weighted by atomic mass is 16.5. The van der Waals surface area contributed by atoms with E-state index in [1.54, 1.807) is 27.2 Å². The number of anilines is 1. The highest BCUT2D eigenvalue weighted by molar-refractivity contribution is 6.03. The molecule has 1 N–H and O–H groups in total. The maximum atomic E-state index is 12.0. The molecule has 1 amide bonds. The second kappa shape index (κ2) is 9.06. The number of aromatic nitrogens is 1. The fourth-order valence-electron chi connectivity index (χ4n) is 2.84. The molecule has 29 heavy (non-hydrogen) atoms. The molecule has 5 heteroatoms. The highest BCUT2D eigenvalue weighted by Gasteiger charge is 2.11. The van der Waals surface area contributed by atoms with Gasteiger partial charge in [0, 0.05) is 22.4 Å². The summed E-state index contributed by atoms with van der Waals surface area (Å²) < 4.78 is 10.8. The number of rotatable bonds is 6. The van der Waals surface area contributed by atoms with Gasteiger partial charge in [-0.15, -0.1) is 0 Å². The standard InChI is InChI=1S/C24H24N2O3/c1-5-16(2)24(27)25-18-11-9-17(10-12-18)21-7-6-8-22(26-21)20-15-19(28-3)13-14-23(20)29-4/h5-15H,1-4H3,(H,25,27)/b16-5+. The summed E-state index contributed by atoms with van der Waals surface area (Å²) in [6.45, 7) is 3.62. The molecule has 5 nitrogen and oxygen atoms in total. The maximum Gasteiger partial charge on any atom is 0.250 e. The molecule has 0 atom stereocenters. The Labute approximate surface area is 171 Å². The summed E-state index contributed by atoms with van der Waals surface area (Å²) in [6.07, 6.45) is 1.78. The number of methoxy groups -OCH3 is 2. The van der Waals surface area contributed by atoms with Gasteiger partial charge in [-0.3, -0.25) is 4.79 Å². The van der Waals surface area contributed by atoms with Gasteiger partial charge < -0.3 is 14.8 Å². The third kappa shape index (κ3) is 4.63. The first-order valence-electron chi connectivity index (χ1n) is 9.30. The molecule has 3 aromatic rings. The van der Waals surface area contributed by atoms with E-state index in [9.17, 15) is 4.79 Å². The third-order valence-electron chi connectivity index (χ3n) is 4.66. The smallest absolute Gasteiger partial charge is 0.250 e. The van der Waals surface area contributed by atoms with E-state index in [0.29, 0.717) is 5.57 Å². The predicted octanol–water partition coefficient (Wildman–Crippen LogP) is 5.34. The van der Waals surface area contributed by atoms with E-state index in [1.807, 2.05) is 67.6 Å². The first-order valence-corrected chi connectivity index (χ1v) is 9.30. The molecular formula is C24H24N2O3. The van der Waals surface area contributed by atoms with Gasteiger partial charge in [-0.2, -0.15) is 0 Å². The Balaban J connectivity index is 1.90. The van der Waals surface area contributed by atoms with Crippen molar-refractivity contribution in [1.82, 2.24) is 4.98 Å². The van der Waals surface area contributed by atoms with Crippen LogP contribution < -0.4 is 14.8 Å². The number of hydrogen-bond donors (Lipinski definition) is 1. The van der Waals surface area contributed by atoms with Crippen molar-refractivity contribution in [3.63, 3.8) is 0 Å². The lowest BCUT2D eigenvalue weighted by atomic mass is 10.1. The van der Waals surface area contributed by atoms with Crippen LogP contribution in [0.3, 0.4) is 0 Å². The number of carbonyl (C=O) groups excluding carboxylic acids is 1. The number of ether oxygens (including phenoxy) is 2. The van der Waals surface area contributed by atoms with E-state index in [4.69, 9.17) is 14.5 Å². The van der Waals surface area contributed by atoms with Gasteiger partial charge in [0.15, 0.2) is 0 Å². The van der Waals surface area contributed by atoms with Crippen molar-refractivity contribution in [3.8, 4) is 34.0 Å². The van der Waals surface area contributed by atoms with Crippen molar-refractivity contribution in [2.45, 2.75) is 13.8 Å². The van der Waals surface area contributed by atoms with Gasteiger partial charge in [0.25, 0.3) is 5.91 Å². The van der Waals surface area contributed by atoms with Crippen molar-refractivity contribution in [2.24, 2.45) is 0 Å². The van der Waals surface area contributed by atoms with E-state index in [2.05, 4.69) is 5.32 Å². The summed E-state index contributed by atoms with van der Waals surface area (Å²) in [5.74, 6) is 1.36. The number of nitrogens with one attached hydrogen (secondary N) is 1. The summed E-state index contributed by atoms with van der Waals surface area (Å²) >= 11 is 0. The summed E-state index contributed by atoms with van der Waals surface area (Å²) in [6, 6.07) is 19.1.